The molecule has 0 radical (unpaired) electrons. The number of anilines is 3. The lowest BCUT2D eigenvalue weighted by Gasteiger charge is -2.27. The highest BCUT2D eigenvalue weighted by Gasteiger charge is 2.39. The van der Waals surface area contributed by atoms with Gasteiger partial charge in [0.1, 0.15) is 11.2 Å². The summed E-state index contributed by atoms with van der Waals surface area (Å²) in [7, 11) is 0. The van der Waals surface area contributed by atoms with Crippen molar-refractivity contribution in [3.8, 4) is 55.6 Å². The van der Waals surface area contributed by atoms with E-state index in [1.165, 1.54) is 66.4 Å². The number of benzene rings is 10. The minimum atomic E-state index is -0.151. The van der Waals surface area contributed by atoms with Gasteiger partial charge in [0, 0.05) is 38.8 Å². The molecule has 0 N–H and O–H groups in total. The van der Waals surface area contributed by atoms with Crippen LogP contribution in [0.1, 0.15) is 25.0 Å². The Morgan fingerprint density at radius 2 is 0.810 bits per heavy atom. The topological polar surface area (TPSA) is 16.4 Å². The predicted octanol–water partition coefficient (Wildman–Crippen LogP) is 17.2. The molecule has 298 valence electrons. The minimum absolute atomic E-state index is 0.151. The largest absolute Gasteiger partial charge is 0.455 e. The highest BCUT2D eigenvalue weighted by molar-refractivity contribution is 6.15. The Bertz CT molecular complexity index is 3490. The molecule has 0 bridgehead atoms. The molecule has 1 aliphatic rings. The monoisotopic (exact) mass is 805 g/mol. The summed E-state index contributed by atoms with van der Waals surface area (Å²) in [5, 5.41) is 4.85. The van der Waals surface area contributed by atoms with Crippen molar-refractivity contribution in [1.29, 1.82) is 0 Å². The summed E-state index contributed by atoms with van der Waals surface area (Å²) in [5.74, 6) is 0. The van der Waals surface area contributed by atoms with Gasteiger partial charge in [-0.3, -0.25) is 0 Å². The number of hydrogen-bond donors (Lipinski definition) is 0. The second-order valence-electron chi connectivity index (χ2n) is 17.2. The molecule has 2 heteroatoms. The van der Waals surface area contributed by atoms with Gasteiger partial charge < -0.3 is 9.32 Å². The molecule has 0 atom stereocenters. The molecule has 1 aliphatic carbocycles. The summed E-state index contributed by atoms with van der Waals surface area (Å²) in [6, 6.07) is 81.4. The van der Waals surface area contributed by atoms with Crippen LogP contribution in [0.25, 0.3) is 88.3 Å². The molecule has 11 aromatic rings. The lowest BCUT2D eigenvalue weighted by atomic mass is 9.77. The Balaban J connectivity index is 1.01. The van der Waals surface area contributed by atoms with E-state index in [0.29, 0.717) is 0 Å². The van der Waals surface area contributed by atoms with Gasteiger partial charge in [0.15, 0.2) is 0 Å². The van der Waals surface area contributed by atoms with Crippen LogP contribution in [0.5, 0.6) is 0 Å². The first-order valence-corrected chi connectivity index (χ1v) is 21.8. The van der Waals surface area contributed by atoms with Crippen LogP contribution in [0.2, 0.25) is 0 Å². The zero-order valence-corrected chi connectivity index (χ0v) is 35.2. The molecule has 10 aromatic carbocycles. The van der Waals surface area contributed by atoms with E-state index in [-0.39, 0.29) is 5.41 Å². The summed E-state index contributed by atoms with van der Waals surface area (Å²) in [6.07, 6.45) is 0. The third-order valence-electron chi connectivity index (χ3n) is 13.3. The van der Waals surface area contributed by atoms with Crippen molar-refractivity contribution in [1.82, 2.24) is 0 Å². The molecule has 63 heavy (non-hydrogen) atoms. The summed E-state index contributed by atoms with van der Waals surface area (Å²) >= 11 is 0. The van der Waals surface area contributed by atoms with Crippen molar-refractivity contribution in [3.05, 3.63) is 236 Å². The van der Waals surface area contributed by atoms with Crippen molar-refractivity contribution < 1.29 is 4.42 Å². The molecule has 0 aliphatic heterocycles. The Morgan fingerprint density at radius 1 is 0.333 bits per heavy atom. The summed E-state index contributed by atoms with van der Waals surface area (Å²) in [5.41, 5.74) is 19.9. The van der Waals surface area contributed by atoms with E-state index in [1.54, 1.807) is 0 Å². The van der Waals surface area contributed by atoms with Crippen LogP contribution < -0.4 is 4.90 Å². The Kier molecular flexibility index (Phi) is 8.55. The average molecular weight is 806 g/mol. The maximum atomic E-state index is 6.45. The van der Waals surface area contributed by atoms with Crippen molar-refractivity contribution >= 4 is 49.8 Å². The molecule has 12 rings (SSSR count). The molecular formula is C61H43NO. The maximum absolute atomic E-state index is 6.45. The SMILES string of the molecule is CC1(C)c2ccccc2-c2c(-c3ccccc3)c(-c3ccc(N(c4ccc(-c5ccccc5)cc4)c4ccc(-c5cccc6c5oc5ccccc56)cc4)cc3)c3ccccc3c21. The standard InChI is InChI=1S/C61H43NO/c1-61(2)54-26-13-11-23-53(54)58-57(43-18-7-4-8-19-43)56(50-21-9-10-22-51(50)59(58)61)44-32-38-47(39-33-44)62(45-34-28-41(29-35-45)40-16-5-3-6-17-40)46-36-30-42(31-37-46)48-24-15-25-52-49-20-12-14-27-55(49)63-60(48)52/h3-39H,1-2H3. The second kappa shape index (κ2) is 14.6. The van der Waals surface area contributed by atoms with Gasteiger partial charge in [0.2, 0.25) is 0 Å². The number of nitrogens with zero attached hydrogens (tertiary/aromatic N) is 1. The third kappa shape index (κ3) is 5.94. The van der Waals surface area contributed by atoms with Crippen molar-refractivity contribution in [2.24, 2.45) is 0 Å². The summed E-state index contributed by atoms with van der Waals surface area (Å²) in [4.78, 5) is 2.36. The number of rotatable bonds is 7. The van der Waals surface area contributed by atoms with E-state index in [0.717, 1.165) is 50.1 Å². The number of hydrogen-bond acceptors (Lipinski definition) is 2. The summed E-state index contributed by atoms with van der Waals surface area (Å²) in [6.45, 7) is 4.78. The fraction of sp³-hybridized carbons (Fsp3) is 0.0492. The van der Waals surface area contributed by atoms with Crippen molar-refractivity contribution in [2.75, 3.05) is 4.90 Å². The van der Waals surface area contributed by atoms with Gasteiger partial charge in [-0.2, -0.15) is 0 Å². The van der Waals surface area contributed by atoms with E-state index in [9.17, 15) is 0 Å². The number of fused-ring (bicyclic) bond motifs is 8. The van der Waals surface area contributed by atoms with Crippen LogP contribution in [0.3, 0.4) is 0 Å². The Morgan fingerprint density at radius 3 is 1.49 bits per heavy atom. The van der Waals surface area contributed by atoms with Crippen molar-refractivity contribution in [2.45, 2.75) is 19.3 Å². The maximum Gasteiger partial charge on any atom is 0.143 e. The van der Waals surface area contributed by atoms with Gasteiger partial charge in [0.05, 0.1) is 0 Å². The first kappa shape index (κ1) is 36.9. The summed E-state index contributed by atoms with van der Waals surface area (Å²) < 4.78 is 6.45. The smallest absolute Gasteiger partial charge is 0.143 e. The van der Waals surface area contributed by atoms with Gasteiger partial charge >= 0.3 is 0 Å². The van der Waals surface area contributed by atoms with Gasteiger partial charge in [-0.05, 0) is 114 Å². The first-order chi connectivity index (χ1) is 31.0. The van der Waals surface area contributed by atoms with E-state index in [1.807, 2.05) is 12.1 Å². The lowest BCUT2D eigenvalue weighted by molar-refractivity contribution is 0.666. The van der Waals surface area contributed by atoms with Gasteiger partial charge in [0.25, 0.3) is 0 Å². The van der Waals surface area contributed by atoms with Gasteiger partial charge in [-0.15, -0.1) is 0 Å². The first-order valence-electron chi connectivity index (χ1n) is 21.8. The van der Waals surface area contributed by atoms with E-state index in [2.05, 4.69) is 231 Å². The molecule has 0 saturated heterocycles. The molecule has 0 unspecified atom stereocenters. The molecule has 1 heterocycles. The molecular weight excluding hydrogens is 763 g/mol. The van der Waals surface area contributed by atoms with Crippen LogP contribution in [0, 0.1) is 0 Å². The zero-order valence-electron chi connectivity index (χ0n) is 35.2. The second-order valence-corrected chi connectivity index (χ2v) is 17.2. The fourth-order valence-corrected chi connectivity index (χ4v) is 10.4. The van der Waals surface area contributed by atoms with E-state index in [4.69, 9.17) is 4.42 Å². The quantitative estimate of drug-likeness (QED) is 0.160. The van der Waals surface area contributed by atoms with Crippen LogP contribution in [0.15, 0.2) is 229 Å². The van der Waals surface area contributed by atoms with Crippen LogP contribution in [-0.2, 0) is 5.41 Å². The van der Waals surface area contributed by atoms with E-state index >= 15 is 0 Å². The molecule has 0 amide bonds. The Labute approximate surface area is 368 Å². The normalized spacial score (nSPS) is 12.7. The molecule has 0 spiro atoms. The molecule has 1 aromatic heterocycles. The van der Waals surface area contributed by atoms with Gasteiger partial charge in [-0.25, -0.2) is 0 Å². The number of furan rings is 1. The highest BCUT2D eigenvalue weighted by atomic mass is 16.3. The minimum Gasteiger partial charge on any atom is -0.455 e. The predicted molar refractivity (Wildman–Crippen MR) is 265 cm³/mol. The average Bonchev–Trinajstić information content (AvgIpc) is 3.85. The van der Waals surface area contributed by atoms with Crippen LogP contribution >= 0.6 is 0 Å². The van der Waals surface area contributed by atoms with Crippen LogP contribution in [0.4, 0.5) is 17.1 Å². The molecule has 2 nitrogen and oxygen atoms in total. The van der Waals surface area contributed by atoms with Crippen molar-refractivity contribution in [3.63, 3.8) is 0 Å². The van der Waals surface area contributed by atoms with Gasteiger partial charge in [-0.1, -0.05) is 196 Å². The highest BCUT2D eigenvalue weighted by Crippen LogP contribution is 2.58. The zero-order chi connectivity index (χ0) is 42.1. The number of para-hydroxylation sites is 2. The fourth-order valence-electron chi connectivity index (χ4n) is 10.4. The molecule has 0 saturated carbocycles. The molecule has 0 fully saturated rings. The van der Waals surface area contributed by atoms with Crippen LogP contribution in [-0.4, -0.2) is 0 Å². The van der Waals surface area contributed by atoms with E-state index < -0.39 is 0 Å². The Hall–Kier alpha value is -7.94. The lowest BCUT2D eigenvalue weighted by Crippen LogP contribution is -2.15. The third-order valence-corrected chi connectivity index (χ3v) is 13.3.